The van der Waals surface area contributed by atoms with Crippen molar-refractivity contribution in [3.05, 3.63) is 106 Å². The maximum absolute atomic E-state index is 13.4. The van der Waals surface area contributed by atoms with E-state index in [9.17, 15) is 9.65 Å². The van der Waals surface area contributed by atoms with Gasteiger partial charge in [0, 0.05) is 0 Å². The van der Waals surface area contributed by atoms with E-state index in [0.29, 0.717) is 33.2 Å². The predicted molar refractivity (Wildman–Crippen MR) is 126 cm³/mol. The minimum absolute atomic E-state index is 0.142. The lowest BCUT2D eigenvalue weighted by Crippen LogP contribution is -1.99. The van der Waals surface area contributed by atoms with Gasteiger partial charge in [0.2, 0.25) is 0 Å². The van der Waals surface area contributed by atoms with E-state index in [1.807, 2.05) is 42.5 Å². The molecule has 4 aromatic carbocycles. The molecule has 0 saturated heterocycles. The number of allylic oxidation sites excluding steroid dienone is 1. The molecular weight excluding hydrogens is 425 g/mol. The van der Waals surface area contributed by atoms with Gasteiger partial charge in [0.25, 0.3) is 0 Å². The number of halogens is 2. The van der Waals surface area contributed by atoms with Crippen LogP contribution in [0.3, 0.4) is 0 Å². The Kier molecular flexibility index (Phi) is 6.39. The summed E-state index contributed by atoms with van der Waals surface area (Å²) in [7, 11) is 1.52. The van der Waals surface area contributed by atoms with Crippen molar-refractivity contribution in [2.75, 3.05) is 7.11 Å². The van der Waals surface area contributed by atoms with Crippen LogP contribution < -0.4 is 9.47 Å². The van der Waals surface area contributed by atoms with E-state index in [1.54, 1.807) is 30.3 Å². The SMILES string of the molecule is COc1cc(/C=C(/C#N)c2ccc3ccccc3c2)cc(Cl)c1OCc1cccc(F)c1. The fraction of sp³-hybridized carbons (Fsp3) is 0.0741. The molecule has 0 bridgehead atoms. The van der Waals surface area contributed by atoms with E-state index in [-0.39, 0.29) is 12.4 Å². The Balaban J connectivity index is 1.64. The first-order valence-corrected chi connectivity index (χ1v) is 10.3. The van der Waals surface area contributed by atoms with Crippen LogP contribution in [0.4, 0.5) is 4.39 Å². The molecule has 3 nitrogen and oxygen atoms in total. The van der Waals surface area contributed by atoms with Gasteiger partial charge in [-0.05, 0) is 63.9 Å². The van der Waals surface area contributed by atoms with Gasteiger partial charge >= 0.3 is 0 Å². The smallest absolute Gasteiger partial charge is 0.180 e. The van der Waals surface area contributed by atoms with Crippen molar-refractivity contribution in [2.45, 2.75) is 6.61 Å². The molecule has 0 amide bonds. The highest BCUT2D eigenvalue weighted by molar-refractivity contribution is 6.32. The molecule has 0 atom stereocenters. The molecule has 0 aliphatic carbocycles. The lowest BCUT2D eigenvalue weighted by atomic mass is 10.00. The normalized spacial score (nSPS) is 11.2. The van der Waals surface area contributed by atoms with Gasteiger partial charge in [-0.3, -0.25) is 0 Å². The number of methoxy groups -OCH3 is 1. The molecule has 0 aliphatic rings. The average molecular weight is 444 g/mol. The Morgan fingerprint density at radius 3 is 2.56 bits per heavy atom. The molecule has 4 rings (SSSR count). The van der Waals surface area contributed by atoms with Gasteiger partial charge in [0.15, 0.2) is 11.5 Å². The van der Waals surface area contributed by atoms with Crippen LogP contribution in [0.15, 0.2) is 78.9 Å². The maximum atomic E-state index is 13.4. The Labute approximate surface area is 190 Å². The summed E-state index contributed by atoms with van der Waals surface area (Å²) in [6, 6.07) is 25.8. The van der Waals surface area contributed by atoms with Gasteiger partial charge in [-0.15, -0.1) is 0 Å². The first-order valence-electron chi connectivity index (χ1n) is 9.93. The molecule has 5 heteroatoms. The highest BCUT2D eigenvalue weighted by atomic mass is 35.5. The van der Waals surface area contributed by atoms with E-state index in [1.165, 1.54) is 19.2 Å². The predicted octanol–water partition coefficient (Wildman–Crippen LogP) is 7.28. The molecule has 158 valence electrons. The topological polar surface area (TPSA) is 42.2 Å². The van der Waals surface area contributed by atoms with Gasteiger partial charge in [0.1, 0.15) is 12.4 Å². The number of hydrogen-bond acceptors (Lipinski definition) is 3. The van der Waals surface area contributed by atoms with Gasteiger partial charge in [-0.1, -0.05) is 60.1 Å². The number of ether oxygens (including phenoxy) is 2. The Morgan fingerprint density at radius 2 is 1.81 bits per heavy atom. The Bertz CT molecular complexity index is 1360. The van der Waals surface area contributed by atoms with E-state index in [4.69, 9.17) is 21.1 Å². The summed E-state index contributed by atoms with van der Waals surface area (Å²) in [5.41, 5.74) is 2.69. The molecule has 4 aromatic rings. The van der Waals surface area contributed by atoms with E-state index < -0.39 is 0 Å². The zero-order chi connectivity index (χ0) is 22.5. The molecule has 0 spiro atoms. The van der Waals surface area contributed by atoms with Crippen molar-refractivity contribution in [1.82, 2.24) is 0 Å². The van der Waals surface area contributed by atoms with Crippen LogP contribution in [-0.4, -0.2) is 7.11 Å². The molecular formula is C27H19ClFNO2. The van der Waals surface area contributed by atoms with Crippen molar-refractivity contribution in [1.29, 1.82) is 5.26 Å². The van der Waals surface area contributed by atoms with Crippen molar-refractivity contribution in [3.8, 4) is 17.6 Å². The summed E-state index contributed by atoms with van der Waals surface area (Å²) in [5.74, 6) is 0.457. The van der Waals surface area contributed by atoms with Gasteiger partial charge in [-0.25, -0.2) is 4.39 Å². The summed E-state index contributed by atoms with van der Waals surface area (Å²) in [6.07, 6.45) is 1.76. The van der Waals surface area contributed by atoms with Crippen LogP contribution in [0.1, 0.15) is 16.7 Å². The minimum atomic E-state index is -0.331. The first-order chi connectivity index (χ1) is 15.6. The standard InChI is InChI=1S/C27H19ClFNO2/c1-31-26-14-19(13-25(28)27(26)32-17-18-5-4-8-24(29)12-18)11-23(16-30)22-10-9-20-6-2-3-7-21(20)15-22/h2-15H,17H2,1H3/b23-11-. The van der Waals surface area contributed by atoms with Gasteiger partial charge < -0.3 is 9.47 Å². The summed E-state index contributed by atoms with van der Waals surface area (Å²) in [6.45, 7) is 0.142. The molecule has 0 aromatic heterocycles. The van der Waals surface area contributed by atoms with Gasteiger partial charge in [0.05, 0.1) is 23.8 Å². The van der Waals surface area contributed by atoms with Crippen LogP contribution in [0.5, 0.6) is 11.5 Å². The summed E-state index contributed by atoms with van der Waals surface area (Å²) in [5, 5.41) is 12.3. The second-order valence-electron chi connectivity index (χ2n) is 7.18. The van der Waals surface area contributed by atoms with Crippen LogP contribution >= 0.6 is 11.6 Å². The summed E-state index contributed by atoms with van der Waals surface area (Å²) < 4.78 is 24.7. The number of rotatable bonds is 6. The zero-order valence-electron chi connectivity index (χ0n) is 17.3. The number of benzene rings is 4. The van der Waals surface area contributed by atoms with Crippen LogP contribution in [0.25, 0.3) is 22.4 Å². The third-order valence-corrected chi connectivity index (χ3v) is 5.30. The van der Waals surface area contributed by atoms with Crippen LogP contribution in [-0.2, 0) is 6.61 Å². The van der Waals surface area contributed by atoms with E-state index >= 15 is 0 Å². The van der Waals surface area contributed by atoms with Crippen molar-refractivity contribution in [2.24, 2.45) is 0 Å². The molecule has 0 aliphatic heterocycles. The maximum Gasteiger partial charge on any atom is 0.180 e. The number of hydrogen-bond donors (Lipinski definition) is 0. The third-order valence-electron chi connectivity index (χ3n) is 5.02. The summed E-state index contributed by atoms with van der Waals surface area (Å²) >= 11 is 6.47. The van der Waals surface area contributed by atoms with Gasteiger partial charge in [-0.2, -0.15) is 5.26 Å². The molecule has 0 N–H and O–H groups in total. The number of nitriles is 1. The Morgan fingerprint density at radius 1 is 1.00 bits per heavy atom. The Hall–Kier alpha value is -3.81. The minimum Gasteiger partial charge on any atom is -0.493 e. The lowest BCUT2D eigenvalue weighted by Gasteiger charge is -2.14. The average Bonchev–Trinajstić information content (AvgIpc) is 2.81. The number of fused-ring (bicyclic) bond motifs is 1. The molecule has 0 radical (unpaired) electrons. The molecule has 0 fully saturated rings. The largest absolute Gasteiger partial charge is 0.493 e. The molecule has 0 saturated carbocycles. The van der Waals surface area contributed by atoms with Crippen molar-refractivity contribution in [3.63, 3.8) is 0 Å². The third kappa shape index (κ3) is 4.74. The molecule has 32 heavy (non-hydrogen) atoms. The van der Waals surface area contributed by atoms with E-state index in [2.05, 4.69) is 6.07 Å². The van der Waals surface area contributed by atoms with E-state index in [0.717, 1.165) is 16.3 Å². The second kappa shape index (κ2) is 9.55. The molecule has 0 heterocycles. The van der Waals surface area contributed by atoms with Crippen molar-refractivity contribution >= 4 is 34.0 Å². The van der Waals surface area contributed by atoms with Crippen LogP contribution in [0, 0.1) is 17.1 Å². The molecule has 0 unspecified atom stereocenters. The second-order valence-corrected chi connectivity index (χ2v) is 7.59. The monoisotopic (exact) mass is 443 g/mol. The number of nitrogens with zero attached hydrogens (tertiary/aromatic N) is 1. The highest BCUT2D eigenvalue weighted by Crippen LogP contribution is 2.38. The highest BCUT2D eigenvalue weighted by Gasteiger charge is 2.13. The quantitative estimate of drug-likeness (QED) is 0.232. The fourth-order valence-corrected chi connectivity index (χ4v) is 3.72. The van der Waals surface area contributed by atoms with Crippen LogP contribution in [0.2, 0.25) is 5.02 Å². The lowest BCUT2D eigenvalue weighted by molar-refractivity contribution is 0.284. The zero-order valence-corrected chi connectivity index (χ0v) is 18.1. The fourth-order valence-electron chi connectivity index (χ4n) is 3.45. The summed E-state index contributed by atoms with van der Waals surface area (Å²) in [4.78, 5) is 0. The van der Waals surface area contributed by atoms with Crippen molar-refractivity contribution < 1.29 is 13.9 Å². The first kappa shape index (κ1) is 21.4.